The monoisotopic (exact) mass is 289 g/mol. The number of aromatic nitrogens is 1. The van der Waals surface area contributed by atoms with Gasteiger partial charge in [0, 0.05) is 22.9 Å². The summed E-state index contributed by atoms with van der Waals surface area (Å²) >= 11 is 0. The zero-order valence-corrected chi connectivity index (χ0v) is 11.8. The molecule has 2 aromatic rings. The topological polar surface area (TPSA) is 77.2 Å². The number of anilines is 2. The Bertz CT molecular complexity index is 633. The quantitative estimate of drug-likeness (QED) is 0.848. The second kappa shape index (κ2) is 6.21. The van der Waals surface area contributed by atoms with Gasteiger partial charge in [0.1, 0.15) is 5.82 Å². The molecule has 0 bridgehead atoms. The van der Waals surface area contributed by atoms with Gasteiger partial charge in [0.2, 0.25) is 5.88 Å². The van der Waals surface area contributed by atoms with Crippen LogP contribution in [0, 0.1) is 12.7 Å². The predicted octanol–water partition coefficient (Wildman–Crippen LogP) is 2.76. The minimum absolute atomic E-state index is 0.157. The average Bonchev–Trinajstić information content (AvgIpc) is 2.46. The molecule has 0 fully saturated rings. The lowest BCUT2D eigenvalue weighted by Crippen LogP contribution is -2.13. The van der Waals surface area contributed by atoms with Crippen LogP contribution < -0.4 is 15.8 Å². The van der Waals surface area contributed by atoms with Crippen molar-refractivity contribution in [1.82, 2.24) is 4.98 Å². The van der Waals surface area contributed by atoms with Crippen LogP contribution in [0.2, 0.25) is 0 Å². The molecule has 3 N–H and O–H groups in total. The van der Waals surface area contributed by atoms with E-state index in [0.717, 1.165) is 6.07 Å². The van der Waals surface area contributed by atoms with Gasteiger partial charge in [-0.05, 0) is 32.0 Å². The van der Waals surface area contributed by atoms with Crippen LogP contribution in [-0.4, -0.2) is 17.5 Å². The van der Waals surface area contributed by atoms with Crippen LogP contribution in [0.15, 0.2) is 30.5 Å². The summed E-state index contributed by atoms with van der Waals surface area (Å²) in [5, 5.41) is 2.62. The Balaban J connectivity index is 2.14. The van der Waals surface area contributed by atoms with E-state index in [-0.39, 0.29) is 11.3 Å². The number of nitrogens with one attached hydrogen (secondary N) is 1. The Morgan fingerprint density at radius 2 is 2.19 bits per heavy atom. The predicted molar refractivity (Wildman–Crippen MR) is 78.9 cm³/mol. The van der Waals surface area contributed by atoms with E-state index >= 15 is 0 Å². The molecule has 110 valence electrons. The number of hydrogen-bond acceptors (Lipinski definition) is 4. The summed E-state index contributed by atoms with van der Waals surface area (Å²) in [6.45, 7) is 3.93. The van der Waals surface area contributed by atoms with Gasteiger partial charge in [-0.1, -0.05) is 0 Å². The van der Waals surface area contributed by atoms with Crippen LogP contribution in [-0.2, 0) is 0 Å². The second-order valence-electron chi connectivity index (χ2n) is 4.44. The van der Waals surface area contributed by atoms with Crippen molar-refractivity contribution in [3.63, 3.8) is 0 Å². The smallest absolute Gasteiger partial charge is 0.255 e. The Hall–Kier alpha value is -2.63. The first-order valence-corrected chi connectivity index (χ1v) is 6.47. The van der Waals surface area contributed by atoms with Crippen molar-refractivity contribution < 1.29 is 13.9 Å². The van der Waals surface area contributed by atoms with E-state index in [1.54, 1.807) is 19.1 Å². The maximum absolute atomic E-state index is 13.6. The van der Waals surface area contributed by atoms with Gasteiger partial charge in [-0.3, -0.25) is 4.79 Å². The molecule has 0 radical (unpaired) electrons. The number of rotatable bonds is 4. The van der Waals surface area contributed by atoms with Gasteiger partial charge in [0.25, 0.3) is 5.91 Å². The molecule has 1 aromatic carbocycles. The number of nitrogens with two attached hydrogens (primary N) is 1. The lowest BCUT2D eigenvalue weighted by Gasteiger charge is -2.08. The number of benzene rings is 1. The highest BCUT2D eigenvalue weighted by Gasteiger charge is 2.11. The standard InChI is InChI=1S/C15H16FN3O2/c1-3-21-14-5-4-11(8-18-14)19-15(20)10-6-12(16)9(2)13(17)7-10/h4-8H,3,17H2,1-2H3,(H,19,20). The summed E-state index contributed by atoms with van der Waals surface area (Å²) in [6, 6.07) is 5.89. The van der Waals surface area contributed by atoms with Crippen molar-refractivity contribution in [2.24, 2.45) is 0 Å². The highest BCUT2D eigenvalue weighted by atomic mass is 19.1. The van der Waals surface area contributed by atoms with E-state index in [1.165, 1.54) is 12.3 Å². The van der Waals surface area contributed by atoms with Gasteiger partial charge in [-0.25, -0.2) is 9.37 Å². The lowest BCUT2D eigenvalue weighted by atomic mass is 10.1. The highest BCUT2D eigenvalue weighted by Crippen LogP contribution is 2.19. The summed E-state index contributed by atoms with van der Waals surface area (Å²) in [5.41, 5.74) is 6.87. The summed E-state index contributed by atoms with van der Waals surface area (Å²) in [7, 11) is 0. The molecule has 0 spiro atoms. The summed E-state index contributed by atoms with van der Waals surface area (Å²) in [6.07, 6.45) is 1.47. The fourth-order valence-electron chi connectivity index (χ4n) is 1.72. The summed E-state index contributed by atoms with van der Waals surface area (Å²) in [4.78, 5) is 16.1. The number of amides is 1. The zero-order chi connectivity index (χ0) is 15.4. The van der Waals surface area contributed by atoms with Crippen LogP contribution in [0.4, 0.5) is 15.8 Å². The third-order valence-electron chi connectivity index (χ3n) is 2.93. The minimum Gasteiger partial charge on any atom is -0.478 e. The third-order valence-corrected chi connectivity index (χ3v) is 2.93. The normalized spacial score (nSPS) is 10.2. The van der Waals surface area contributed by atoms with Crippen LogP contribution in [0.3, 0.4) is 0 Å². The van der Waals surface area contributed by atoms with Gasteiger partial charge in [0.15, 0.2) is 0 Å². The molecule has 0 atom stereocenters. The molecule has 0 saturated carbocycles. The van der Waals surface area contributed by atoms with E-state index < -0.39 is 11.7 Å². The van der Waals surface area contributed by atoms with Gasteiger partial charge in [0.05, 0.1) is 18.5 Å². The van der Waals surface area contributed by atoms with Crippen molar-refractivity contribution in [2.45, 2.75) is 13.8 Å². The van der Waals surface area contributed by atoms with Crippen molar-refractivity contribution in [3.05, 3.63) is 47.4 Å². The van der Waals surface area contributed by atoms with E-state index in [1.807, 2.05) is 6.92 Å². The maximum atomic E-state index is 13.6. The molecule has 1 heterocycles. The molecule has 2 rings (SSSR count). The molecule has 0 aliphatic carbocycles. The molecule has 0 aliphatic heterocycles. The molecular formula is C15H16FN3O2. The van der Waals surface area contributed by atoms with Crippen molar-refractivity contribution >= 4 is 17.3 Å². The number of halogens is 1. The maximum Gasteiger partial charge on any atom is 0.255 e. The molecule has 21 heavy (non-hydrogen) atoms. The number of carbonyl (C=O) groups is 1. The van der Waals surface area contributed by atoms with Crippen LogP contribution in [0.1, 0.15) is 22.8 Å². The number of pyridine rings is 1. The molecule has 1 aromatic heterocycles. The molecule has 0 aliphatic rings. The first kappa shape index (κ1) is 14.8. The fraction of sp³-hybridized carbons (Fsp3) is 0.200. The fourth-order valence-corrected chi connectivity index (χ4v) is 1.72. The number of carbonyl (C=O) groups excluding carboxylic acids is 1. The Morgan fingerprint density at radius 3 is 2.76 bits per heavy atom. The van der Waals surface area contributed by atoms with E-state index in [4.69, 9.17) is 10.5 Å². The molecule has 0 unspecified atom stereocenters. The third kappa shape index (κ3) is 3.47. The Morgan fingerprint density at radius 1 is 1.43 bits per heavy atom. The molecule has 1 amide bonds. The van der Waals surface area contributed by atoms with E-state index in [9.17, 15) is 9.18 Å². The van der Waals surface area contributed by atoms with Crippen molar-refractivity contribution in [2.75, 3.05) is 17.7 Å². The summed E-state index contributed by atoms with van der Waals surface area (Å²) < 4.78 is 18.8. The first-order chi connectivity index (χ1) is 10.0. The Labute approximate surface area is 121 Å². The number of nitrogens with zero attached hydrogens (tertiary/aromatic N) is 1. The van der Waals surface area contributed by atoms with Crippen LogP contribution in [0.25, 0.3) is 0 Å². The van der Waals surface area contributed by atoms with E-state index in [2.05, 4.69) is 10.3 Å². The first-order valence-electron chi connectivity index (χ1n) is 6.47. The van der Waals surface area contributed by atoms with Crippen LogP contribution >= 0.6 is 0 Å². The molecular weight excluding hydrogens is 273 g/mol. The largest absolute Gasteiger partial charge is 0.478 e. The van der Waals surface area contributed by atoms with Gasteiger partial charge >= 0.3 is 0 Å². The number of nitrogen functional groups attached to an aromatic ring is 1. The second-order valence-corrected chi connectivity index (χ2v) is 4.44. The number of hydrogen-bond donors (Lipinski definition) is 2. The highest BCUT2D eigenvalue weighted by molar-refractivity contribution is 6.04. The number of ether oxygens (including phenoxy) is 1. The lowest BCUT2D eigenvalue weighted by molar-refractivity contribution is 0.102. The average molecular weight is 289 g/mol. The van der Waals surface area contributed by atoms with Gasteiger partial charge in [-0.15, -0.1) is 0 Å². The molecule has 0 saturated heterocycles. The summed E-state index contributed by atoms with van der Waals surface area (Å²) in [5.74, 6) is -0.488. The van der Waals surface area contributed by atoms with Crippen molar-refractivity contribution in [3.8, 4) is 5.88 Å². The molecule has 5 nitrogen and oxygen atoms in total. The van der Waals surface area contributed by atoms with Crippen LogP contribution in [0.5, 0.6) is 5.88 Å². The Kier molecular flexibility index (Phi) is 4.37. The minimum atomic E-state index is -0.509. The zero-order valence-electron chi connectivity index (χ0n) is 11.8. The van der Waals surface area contributed by atoms with E-state index in [0.29, 0.717) is 23.7 Å². The van der Waals surface area contributed by atoms with Gasteiger partial charge < -0.3 is 15.8 Å². The molecule has 6 heteroatoms. The van der Waals surface area contributed by atoms with Crippen molar-refractivity contribution in [1.29, 1.82) is 0 Å². The van der Waals surface area contributed by atoms with Gasteiger partial charge in [-0.2, -0.15) is 0 Å². The SMILES string of the molecule is CCOc1ccc(NC(=O)c2cc(N)c(C)c(F)c2)cn1.